The Morgan fingerprint density at radius 2 is 1.85 bits per heavy atom. The molecule has 2 N–H and O–H groups in total. The molecule has 2 aromatic rings. The number of rotatable bonds is 7. The molecule has 8 heteroatoms. The van der Waals surface area contributed by atoms with Gasteiger partial charge in [-0.3, -0.25) is 14.3 Å². The minimum Gasteiger partial charge on any atom is -0.410 e. The minimum atomic E-state index is -1.68. The molecular formula is C25H33N4O4+. The van der Waals surface area contributed by atoms with Gasteiger partial charge in [0.25, 0.3) is 5.91 Å². The number of aliphatic hydroxyl groups is 1. The largest absolute Gasteiger partial charge is 0.410 e. The van der Waals surface area contributed by atoms with Gasteiger partial charge >= 0.3 is 5.97 Å². The summed E-state index contributed by atoms with van der Waals surface area (Å²) in [5, 5.41) is 14.5. The van der Waals surface area contributed by atoms with Crippen molar-refractivity contribution in [2.24, 2.45) is 5.92 Å². The highest BCUT2D eigenvalue weighted by molar-refractivity contribution is 5.90. The van der Waals surface area contributed by atoms with E-state index in [0.717, 1.165) is 38.5 Å². The number of esters is 1. The molecule has 1 saturated carbocycles. The molecule has 2 heterocycles. The van der Waals surface area contributed by atoms with E-state index in [1.807, 2.05) is 25.2 Å². The van der Waals surface area contributed by atoms with E-state index in [9.17, 15) is 14.7 Å². The first-order valence-electron chi connectivity index (χ1n) is 11.8. The van der Waals surface area contributed by atoms with Crippen LogP contribution in [0.15, 0.2) is 48.9 Å². The van der Waals surface area contributed by atoms with Crippen LogP contribution in [0, 0.1) is 5.92 Å². The zero-order valence-electron chi connectivity index (χ0n) is 19.2. The number of hydrogen-bond donors (Lipinski definition) is 2. The van der Waals surface area contributed by atoms with Crippen molar-refractivity contribution >= 4 is 17.7 Å². The van der Waals surface area contributed by atoms with E-state index < -0.39 is 17.8 Å². The predicted molar refractivity (Wildman–Crippen MR) is 123 cm³/mol. The van der Waals surface area contributed by atoms with Crippen molar-refractivity contribution in [2.75, 3.05) is 25.5 Å². The van der Waals surface area contributed by atoms with Crippen LogP contribution >= 0.6 is 0 Å². The molecule has 0 spiro atoms. The predicted octanol–water partition coefficient (Wildman–Crippen LogP) is 2.99. The summed E-state index contributed by atoms with van der Waals surface area (Å²) in [6.45, 7) is 0.848. The van der Waals surface area contributed by atoms with E-state index in [4.69, 9.17) is 4.74 Å². The van der Waals surface area contributed by atoms with Gasteiger partial charge in [0.15, 0.2) is 18.0 Å². The Morgan fingerprint density at radius 3 is 2.55 bits per heavy atom. The van der Waals surface area contributed by atoms with Crippen LogP contribution in [0.2, 0.25) is 0 Å². The number of carbonyl (C=O) groups excluding carboxylic acids is 2. The monoisotopic (exact) mass is 453 g/mol. The van der Waals surface area contributed by atoms with Crippen molar-refractivity contribution in [3.05, 3.63) is 54.5 Å². The third-order valence-corrected chi connectivity index (χ3v) is 7.11. The first-order chi connectivity index (χ1) is 15.9. The number of hydrogen-bond acceptors (Lipinski definition) is 6. The van der Waals surface area contributed by atoms with Crippen LogP contribution in [0.5, 0.6) is 0 Å². The molecule has 1 saturated heterocycles. The lowest BCUT2D eigenvalue weighted by Gasteiger charge is -2.44. The zero-order valence-corrected chi connectivity index (χ0v) is 19.2. The molecule has 1 aromatic heterocycles. The smallest absolute Gasteiger partial charge is 0.347 e. The lowest BCUT2D eigenvalue weighted by Crippen LogP contribution is -2.61. The van der Waals surface area contributed by atoms with E-state index in [0.29, 0.717) is 24.3 Å². The van der Waals surface area contributed by atoms with Crippen molar-refractivity contribution in [1.29, 1.82) is 0 Å². The molecule has 3 atom stereocenters. The number of ether oxygens (including phenoxy) is 1. The van der Waals surface area contributed by atoms with Crippen molar-refractivity contribution in [3.63, 3.8) is 0 Å². The molecule has 4 rings (SSSR count). The van der Waals surface area contributed by atoms with E-state index in [1.165, 1.54) is 12.4 Å². The molecule has 176 valence electrons. The van der Waals surface area contributed by atoms with Crippen LogP contribution in [-0.4, -0.2) is 57.8 Å². The summed E-state index contributed by atoms with van der Waals surface area (Å²) >= 11 is 0. The molecule has 2 aliphatic rings. The summed E-state index contributed by atoms with van der Waals surface area (Å²) in [4.78, 5) is 34.4. The van der Waals surface area contributed by atoms with Gasteiger partial charge in [0.05, 0.1) is 19.8 Å². The fourth-order valence-electron chi connectivity index (χ4n) is 5.26. The van der Waals surface area contributed by atoms with Gasteiger partial charge in [-0.2, -0.15) is 0 Å². The Kier molecular flexibility index (Phi) is 7.05. The van der Waals surface area contributed by atoms with Gasteiger partial charge in [0, 0.05) is 24.7 Å². The molecule has 1 aliphatic heterocycles. The van der Waals surface area contributed by atoms with Crippen LogP contribution in [0.3, 0.4) is 0 Å². The number of quaternary nitrogens is 1. The normalized spacial score (nSPS) is 25.2. The highest BCUT2D eigenvalue weighted by Gasteiger charge is 2.50. The van der Waals surface area contributed by atoms with Gasteiger partial charge in [-0.25, -0.2) is 9.78 Å². The zero-order chi connectivity index (χ0) is 23.3. The fourth-order valence-corrected chi connectivity index (χ4v) is 5.26. The summed E-state index contributed by atoms with van der Waals surface area (Å²) < 4.78 is 6.34. The van der Waals surface area contributed by atoms with Crippen LogP contribution in [0.4, 0.5) is 5.82 Å². The molecular weight excluding hydrogens is 420 g/mol. The molecule has 2 fully saturated rings. The van der Waals surface area contributed by atoms with Gasteiger partial charge in [-0.1, -0.05) is 43.2 Å². The highest BCUT2D eigenvalue weighted by Crippen LogP contribution is 2.42. The molecule has 0 bridgehead atoms. The summed E-state index contributed by atoms with van der Waals surface area (Å²) in [5.41, 5.74) is -1.10. The summed E-state index contributed by atoms with van der Waals surface area (Å²) in [7, 11) is 1.94. The lowest BCUT2D eigenvalue weighted by atomic mass is 9.80. The maximum atomic E-state index is 13.6. The second-order valence-electron chi connectivity index (χ2n) is 9.47. The van der Waals surface area contributed by atoms with E-state index in [-0.39, 0.29) is 22.9 Å². The van der Waals surface area contributed by atoms with Crippen LogP contribution < -0.4 is 5.32 Å². The first kappa shape index (κ1) is 23.3. The standard InChI is InChI=1S/C25H32N4O4/c1-29(18-22(30)28-21-17-26-14-15-27-21)16-8-7-13-23(29)33-24(31)25(32,20-11-5-6-12-20)19-9-3-2-4-10-19/h2-4,9-10,14-15,17,20,23,32H,5-8,11-13,16,18H2,1H3/p+1. The Bertz CT molecular complexity index is 951. The van der Waals surface area contributed by atoms with Crippen molar-refractivity contribution in [3.8, 4) is 0 Å². The maximum Gasteiger partial charge on any atom is 0.347 e. The number of nitrogens with zero attached hydrogens (tertiary/aromatic N) is 3. The second kappa shape index (κ2) is 9.97. The summed E-state index contributed by atoms with van der Waals surface area (Å²) in [5.74, 6) is -0.602. The Morgan fingerprint density at radius 1 is 1.12 bits per heavy atom. The number of likely N-dealkylation sites (N-methyl/N-ethyl adjacent to an activating group) is 1. The average molecular weight is 454 g/mol. The molecule has 1 aromatic carbocycles. The molecule has 8 nitrogen and oxygen atoms in total. The van der Waals surface area contributed by atoms with Crippen LogP contribution in [0.1, 0.15) is 50.5 Å². The van der Waals surface area contributed by atoms with Gasteiger partial charge in [-0.15, -0.1) is 0 Å². The van der Waals surface area contributed by atoms with E-state index in [2.05, 4.69) is 15.3 Å². The van der Waals surface area contributed by atoms with Gasteiger partial charge in [0.1, 0.15) is 0 Å². The number of likely N-dealkylation sites (tertiary alicyclic amines) is 1. The first-order valence-corrected chi connectivity index (χ1v) is 11.8. The second-order valence-corrected chi connectivity index (χ2v) is 9.47. The SMILES string of the molecule is C[N+]1(CC(=O)Nc2cnccn2)CCCCC1OC(=O)C(O)(c1ccccc1)C1CCCC1. The molecule has 33 heavy (non-hydrogen) atoms. The lowest BCUT2D eigenvalue weighted by molar-refractivity contribution is -0.950. The van der Waals surface area contributed by atoms with Crippen molar-refractivity contribution < 1.29 is 23.9 Å². The summed E-state index contributed by atoms with van der Waals surface area (Å²) in [6, 6.07) is 9.13. The van der Waals surface area contributed by atoms with Gasteiger partial charge in [0.2, 0.25) is 6.23 Å². The number of anilines is 1. The van der Waals surface area contributed by atoms with Crippen molar-refractivity contribution in [2.45, 2.75) is 56.8 Å². The molecule has 1 aliphatic carbocycles. The number of amides is 1. The molecule has 1 amide bonds. The third kappa shape index (κ3) is 5.07. The Hall–Kier alpha value is -2.84. The minimum absolute atomic E-state index is 0.141. The quantitative estimate of drug-likeness (QED) is 0.494. The Balaban J connectivity index is 1.52. The van der Waals surface area contributed by atoms with Crippen LogP contribution in [-0.2, 0) is 19.9 Å². The summed E-state index contributed by atoms with van der Waals surface area (Å²) in [6.07, 6.45) is 10.1. The number of piperidine rings is 1. The van der Waals surface area contributed by atoms with Crippen LogP contribution in [0.25, 0.3) is 0 Å². The fraction of sp³-hybridized carbons (Fsp3) is 0.520. The number of aromatic nitrogens is 2. The van der Waals surface area contributed by atoms with Crippen molar-refractivity contribution in [1.82, 2.24) is 9.97 Å². The number of carbonyl (C=O) groups is 2. The third-order valence-electron chi connectivity index (χ3n) is 7.11. The molecule has 3 unspecified atom stereocenters. The maximum absolute atomic E-state index is 13.6. The molecule has 0 radical (unpaired) electrons. The average Bonchev–Trinajstić information content (AvgIpc) is 3.36. The number of benzene rings is 1. The number of nitrogens with one attached hydrogen (secondary N) is 1. The highest BCUT2D eigenvalue weighted by atomic mass is 16.6. The van der Waals surface area contributed by atoms with Gasteiger partial charge < -0.3 is 15.2 Å². The van der Waals surface area contributed by atoms with E-state index >= 15 is 0 Å². The topological polar surface area (TPSA) is 101 Å². The van der Waals surface area contributed by atoms with Gasteiger partial charge in [-0.05, 0) is 31.2 Å². The Labute approximate surface area is 194 Å². The van der Waals surface area contributed by atoms with E-state index in [1.54, 1.807) is 18.3 Å².